The number of carbonyl (C=O) groups is 3. The molecule has 7 nitrogen and oxygen atoms in total. The Bertz CT molecular complexity index is 1330. The standard InChI is InChI=1S/C33H39N3O4/c1-22(37)40-29-14-10-9-13-27(29)30(38)35-28(31(39)34-26-20-32(2,3)36-33(4,5)21-26)19-23-15-17-25(18-16-23)24-11-7-6-8-12-24/h6-18,26,28,36H,19-21H2,1-5H3,(H,34,39)(H,35,38). The van der Waals surface area contributed by atoms with Gasteiger partial charge in [-0.15, -0.1) is 0 Å². The molecule has 3 aromatic rings. The first-order chi connectivity index (χ1) is 18.9. The summed E-state index contributed by atoms with van der Waals surface area (Å²) in [6.45, 7) is 9.81. The van der Waals surface area contributed by atoms with Gasteiger partial charge in [0.05, 0.1) is 5.56 Å². The highest BCUT2D eigenvalue weighted by Gasteiger charge is 2.39. The van der Waals surface area contributed by atoms with E-state index < -0.39 is 17.9 Å². The largest absolute Gasteiger partial charge is 0.426 e. The first-order valence-corrected chi connectivity index (χ1v) is 13.7. The zero-order chi connectivity index (χ0) is 28.9. The second-order valence-corrected chi connectivity index (χ2v) is 11.9. The Hall–Kier alpha value is -3.97. The monoisotopic (exact) mass is 541 g/mol. The molecule has 3 N–H and O–H groups in total. The predicted molar refractivity (Wildman–Crippen MR) is 157 cm³/mol. The molecule has 210 valence electrons. The van der Waals surface area contributed by atoms with Crippen molar-refractivity contribution in [3.63, 3.8) is 0 Å². The summed E-state index contributed by atoms with van der Waals surface area (Å²) < 4.78 is 5.24. The van der Waals surface area contributed by atoms with Crippen molar-refractivity contribution >= 4 is 17.8 Å². The molecule has 1 atom stereocenters. The van der Waals surface area contributed by atoms with E-state index in [1.807, 2.05) is 54.6 Å². The molecule has 3 aromatic carbocycles. The number of hydrogen-bond donors (Lipinski definition) is 3. The first-order valence-electron chi connectivity index (χ1n) is 13.7. The van der Waals surface area contributed by atoms with Crippen LogP contribution in [0.5, 0.6) is 5.75 Å². The summed E-state index contributed by atoms with van der Waals surface area (Å²) >= 11 is 0. The van der Waals surface area contributed by atoms with Crippen molar-refractivity contribution in [3.05, 3.63) is 90.0 Å². The predicted octanol–water partition coefficient (Wildman–Crippen LogP) is 5.05. The third-order valence-electron chi connectivity index (χ3n) is 7.04. The molecular formula is C33H39N3O4. The van der Waals surface area contributed by atoms with E-state index in [1.165, 1.54) is 6.92 Å². The fourth-order valence-electron chi connectivity index (χ4n) is 5.77. The molecule has 0 spiro atoms. The van der Waals surface area contributed by atoms with Crippen LogP contribution >= 0.6 is 0 Å². The fourth-order valence-corrected chi connectivity index (χ4v) is 5.77. The Balaban J connectivity index is 1.57. The number of esters is 1. The van der Waals surface area contributed by atoms with Crippen LogP contribution in [-0.2, 0) is 16.0 Å². The van der Waals surface area contributed by atoms with Crippen LogP contribution in [0.3, 0.4) is 0 Å². The van der Waals surface area contributed by atoms with Gasteiger partial charge < -0.3 is 20.7 Å². The number of carbonyl (C=O) groups excluding carboxylic acids is 3. The molecule has 1 saturated heterocycles. The Labute approximate surface area is 236 Å². The lowest BCUT2D eigenvalue weighted by molar-refractivity contribution is -0.132. The Morgan fingerprint density at radius 2 is 1.43 bits per heavy atom. The summed E-state index contributed by atoms with van der Waals surface area (Å²) in [5.41, 5.74) is 3.00. The van der Waals surface area contributed by atoms with Crippen LogP contribution in [-0.4, -0.2) is 40.9 Å². The van der Waals surface area contributed by atoms with Gasteiger partial charge in [0.25, 0.3) is 5.91 Å². The van der Waals surface area contributed by atoms with Crippen LogP contribution in [0.1, 0.15) is 63.4 Å². The van der Waals surface area contributed by atoms with Gasteiger partial charge in [0, 0.05) is 30.5 Å². The van der Waals surface area contributed by atoms with Gasteiger partial charge in [-0.3, -0.25) is 14.4 Å². The van der Waals surface area contributed by atoms with Crippen molar-refractivity contribution in [2.75, 3.05) is 0 Å². The molecule has 4 rings (SSSR count). The molecule has 0 bridgehead atoms. The smallest absolute Gasteiger partial charge is 0.308 e. The van der Waals surface area contributed by atoms with Gasteiger partial charge in [-0.2, -0.15) is 0 Å². The summed E-state index contributed by atoms with van der Waals surface area (Å²) in [5, 5.41) is 9.76. The third-order valence-corrected chi connectivity index (χ3v) is 7.04. The molecule has 1 fully saturated rings. The number of benzene rings is 3. The molecule has 1 unspecified atom stereocenters. The highest BCUT2D eigenvalue weighted by atomic mass is 16.5. The molecular weight excluding hydrogens is 502 g/mol. The minimum absolute atomic E-state index is 0.0491. The van der Waals surface area contributed by atoms with E-state index in [1.54, 1.807) is 24.3 Å². The molecule has 1 aliphatic heterocycles. The molecule has 7 heteroatoms. The van der Waals surface area contributed by atoms with Crippen molar-refractivity contribution in [1.82, 2.24) is 16.0 Å². The molecule has 2 amide bonds. The second-order valence-electron chi connectivity index (χ2n) is 11.9. The number of nitrogens with one attached hydrogen (secondary N) is 3. The normalized spacial score (nSPS) is 16.9. The number of amides is 2. The van der Waals surface area contributed by atoms with E-state index >= 15 is 0 Å². The van der Waals surface area contributed by atoms with E-state index in [4.69, 9.17) is 4.74 Å². The van der Waals surface area contributed by atoms with Crippen LogP contribution in [0.15, 0.2) is 78.9 Å². The van der Waals surface area contributed by atoms with E-state index in [0.29, 0.717) is 6.42 Å². The number of ether oxygens (including phenoxy) is 1. The van der Waals surface area contributed by atoms with Crippen LogP contribution in [0, 0.1) is 0 Å². The van der Waals surface area contributed by atoms with Crippen molar-refractivity contribution in [3.8, 4) is 16.9 Å². The molecule has 0 radical (unpaired) electrons. The topological polar surface area (TPSA) is 96.5 Å². The maximum Gasteiger partial charge on any atom is 0.308 e. The van der Waals surface area contributed by atoms with Gasteiger partial charge in [0.15, 0.2) is 0 Å². The minimum atomic E-state index is -0.832. The Morgan fingerprint density at radius 3 is 2.05 bits per heavy atom. The van der Waals surface area contributed by atoms with Crippen molar-refractivity contribution < 1.29 is 19.1 Å². The quantitative estimate of drug-likeness (QED) is 0.274. The van der Waals surface area contributed by atoms with Crippen molar-refractivity contribution in [2.45, 2.75) is 77.0 Å². The lowest BCUT2D eigenvalue weighted by Crippen LogP contribution is -2.63. The van der Waals surface area contributed by atoms with Crippen LogP contribution < -0.4 is 20.7 Å². The summed E-state index contributed by atoms with van der Waals surface area (Å²) in [5.74, 6) is -1.10. The highest BCUT2D eigenvalue weighted by molar-refractivity contribution is 6.00. The maximum absolute atomic E-state index is 13.7. The third kappa shape index (κ3) is 7.79. The van der Waals surface area contributed by atoms with Crippen LogP contribution in [0.25, 0.3) is 11.1 Å². The molecule has 0 saturated carbocycles. The van der Waals surface area contributed by atoms with Crippen LogP contribution in [0.4, 0.5) is 0 Å². The summed E-state index contributed by atoms with van der Waals surface area (Å²) in [7, 11) is 0. The zero-order valence-corrected chi connectivity index (χ0v) is 23.9. The number of para-hydroxylation sites is 1. The summed E-state index contributed by atoms with van der Waals surface area (Å²) in [6, 6.07) is 23.7. The molecule has 40 heavy (non-hydrogen) atoms. The van der Waals surface area contributed by atoms with E-state index in [0.717, 1.165) is 29.5 Å². The van der Waals surface area contributed by atoms with Gasteiger partial charge in [0.1, 0.15) is 11.8 Å². The number of hydrogen-bond acceptors (Lipinski definition) is 5. The molecule has 1 aliphatic rings. The average Bonchev–Trinajstić information content (AvgIpc) is 2.87. The highest BCUT2D eigenvalue weighted by Crippen LogP contribution is 2.29. The molecule has 0 aromatic heterocycles. The summed E-state index contributed by atoms with van der Waals surface area (Å²) in [4.78, 5) is 38.7. The second kappa shape index (κ2) is 12.0. The minimum Gasteiger partial charge on any atom is -0.426 e. The van der Waals surface area contributed by atoms with Gasteiger partial charge >= 0.3 is 5.97 Å². The lowest BCUT2D eigenvalue weighted by atomic mass is 9.79. The number of rotatable bonds is 8. The maximum atomic E-state index is 13.7. The lowest BCUT2D eigenvalue weighted by Gasteiger charge is -2.46. The van der Waals surface area contributed by atoms with E-state index in [9.17, 15) is 14.4 Å². The van der Waals surface area contributed by atoms with E-state index in [2.05, 4.69) is 43.6 Å². The zero-order valence-electron chi connectivity index (χ0n) is 23.9. The van der Waals surface area contributed by atoms with Gasteiger partial charge in [-0.1, -0.05) is 66.7 Å². The Morgan fingerprint density at radius 1 is 0.850 bits per heavy atom. The van der Waals surface area contributed by atoms with Crippen LogP contribution in [0.2, 0.25) is 0 Å². The van der Waals surface area contributed by atoms with Crippen molar-refractivity contribution in [1.29, 1.82) is 0 Å². The number of piperidine rings is 1. The average molecular weight is 542 g/mol. The van der Waals surface area contributed by atoms with Gasteiger partial charge in [-0.25, -0.2) is 0 Å². The van der Waals surface area contributed by atoms with Crippen molar-refractivity contribution in [2.24, 2.45) is 0 Å². The Kier molecular flexibility index (Phi) is 8.74. The molecule has 1 heterocycles. The van der Waals surface area contributed by atoms with Gasteiger partial charge in [0.2, 0.25) is 5.91 Å². The molecule has 0 aliphatic carbocycles. The van der Waals surface area contributed by atoms with E-state index in [-0.39, 0.29) is 34.3 Å². The fraction of sp³-hybridized carbons (Fsp3) is 0.364. The summed E-state index contributed by atoms with van der Waals surface area (Å²) in [6.07, 6.45) is 1.84. The SMILES string of the molecule is CC(=O)Oc1ccccc1C(=O)NC(Cc1ccc(-c2ccccc2)cc1)C(=O)NC1CC(C)(C)NC(C)(C)C1. The first kappa shape index (κ1) is 29.0. The van der Waals surface area contributed by atoms with Gasteiger partial charge in [-0.05, 0) is 69.4 Å².